The molecule has 7 nitrogen and oxygen atoms in total. The van der Waals surface area contributed by atoms with Gasteiger partial charge in [-0.15, -0.1) is 0 Å². The minimum absolute atomic E-state index is 0.200. The Bertz CT molecular complexity index is 855. The molecule has 28 heavy (non-hydrogen) atoms. The van der Waals surface area contributed by atoms with Crippen molar-refractivity contribution in [3.8, 4) is 11.5 Å². The molecule has 0 unspecified atom stereocenters. The van der Waals surface area contributed by atoms with Crippen LogP contribution in [0.5, 0.6) is 11.5 Å². The van der Waals surface area contributed by atoms with Crippen LogP contribution in [0.1, 0.15) is 11.6 Å². The summed E-state index contributed by atoms with van der Waals surface area (Å²) in [6.07, 6.45) is 0. The number of hydrogen-bond acceptors (Lipinski definition) is 5. The van der Waals surface area contributed by atoms with Crippen molar-refractivity contribution < 1.29 is 23.5 Å². The van der Waals surface area contributed by atoms with Crippen molar-refractivity contribution in [1.29, 1.82) is 0 Å². The molecule has 0 aromatic heterocycles. The number of rotatable bonds is 5. The number of likely N-dealkylation sites (N-methyl/N-ethyl adjacent to an activating group) is 1. The molecular weight excluding hydrogens is 365 g/mol. The van der Waals surface area contributed by atoms with Gasteiger partial charge in [0.25, 0.3) is 0 Å². The van der Waals surface area contributed by atoms with Gasteiger partial charge in [-0.25, -0.2) is 4.39 Å². The van der Waals surface area contributed by atoms with Crippen LogP contribution >= 0.6 is 0 Å². The van der Waals surface area contributed by atoms with Gasteiger partial charge >= 0.3 is 11.8 Å². The summed E-state index contributed by atoms with van der Waals surface area (Å²) < 4.78 is 24.0. The Hall–Kier alpha value is -3.13. The van der Waals surface area contributed by atoms with Crippen LogP contribution in [-0.4, -0.2) is 50.6 Å². The zero-order valence-electron chi connectivity index (χ0n) is 15.7. The van der Waals surface area contributed by atoms with Gasteiger partial charge in [0.1, 0.15) is 19.0 Å². The van der Waals surface area contributed by atoms with Crippen molar-refractivity contribution in [1.82, 2.24) is 10.2 Å². The molecule has 0 bridgehead atoms. The maximum absolute atomic E-state index is 13.1. The zero-order valence-corrected chi connectivity index (χ0v) is 15.7. The molecular formula is C20H22FN3O4. The van der Waals surface area contributed by atoms with Crippen LogP contribution in [0.15, 0.2) is 42.5 Å². The van der Waals surface area contributed by atoms with Crippen molar-refractivity contribution in [3.05, 3.63) is 53.8 Å². The van der Waals surface area contributed by atoms with Crippen molar-refractivity contribution in [3.63, 3.8) is 0 Å². The summed E-state index contributed by atoms with van der Waals surface area (Å²) in [5, 5.41) is 5.16. The third-order valence-corrected chi connectivity index (χ3v) is 4.34. The molecule has 0 aliphatic carbocycles. The number of ether oxygens (including phenoxy) is 2. The highest BCUT2D eigenvalue weighted by molar-refractivity contribution is 6.39. The number of halogens is 1. The molecule has 1 heterocycles. The van der Waals surface area contributed by atoms with Crippen LogP contribution in [0.4, 0.5) is 10.1 Å². The molecule has 0 spiro atoms. The van der Waals surface area contributed by atoms with E-state index in [1.54, 1.807) is 30.3 Å². The van der Waals surface area contributed by atoms with E-state index in [9.17, 15) is 14.0 Å². The van der Waals surface area contributed by atoms with E-state index in [1.165, 1.54) is 12.1 Å². The molecule has 2 N–H and O–H groups in total. The fourth-order valence-electron chi connectivity index (χ4n) is 2.86. The summed E-state index contributed by atoms with van der Waals surface area (Å²) in [5.74, 6) is -0.753. The lowest BCUT2D eigenvalue weighted by molar-refractivity contribution is -0.136. The molecule has 0 saturated heterocycles. The average molecular weight is 387 g/mol. The average Bonchev–Trinajstić information content (AvgIpc) is 2.69. The van der Waals surface area contributed by atoms with Gasteiger partial charge in [0.05, 0.1) is 6.04 Å². The Balaban J connectivity index is 1.58. The summed E-state index contributed by atoms with van der Waals surface area (Å²) in [5.41, 5.74) is 1.27. The van der Waals surface area contributed by atoms with Crippen molar-refractivity contribution in [2.24, 2.45) is 0 Å². The predicted molar refractivity (Wildman–Crippen MR) is 102 cm³/mol. The molecule has 2 amide bonds. The van der Waals surface area contributed by atoms with E-state index < -0.39 is 11.8 Å². The number of carbonyl (C=O) groups excluding carboxylic acids is 2. The maximum atomic E-state index is 13.1. The van der Waals surface area contributed by atoms with Gasteiger partial charge in [0.15, 0.2) is 11.5 Å². The highest BCUT2D eigenvalue weighted by Gasteiger charge is 2.20. The van der Waals surface area contributed by atoms with Crippen molar-refractivity contribution in [2.45, 2.75) is 6.04 Å². The van der Waals surface area contributed by atoms with E-state index >= 15 is 0 Å². The Morgan fingerprint density at radius 1 is 1.04 bits per heavy atom. The Kier molecular flexibility index (Phi) is 6.10. The smallest absolute Gasteiger partial charge is 0.313 e. The highest BCUT2D eigenvalue weighted by Crippen LogP contribution is 2.32. The van der Waals surface area contributed by atoms with Crippen LogP contribution in [0.3, 0.4) is 0 Å². The van der Waals surface area contributed by atoms with Crippen molar-refractivity contribution in [2.75, 3.05) is 39.2 Å². The first-order valence-electron chi connectivity index (χ1n) is 8.85. The third kappa shape index (κ3) is 4.77. The minimum Gasteiger partial charge on any atom is -0.486 e. The molecule has 8 heteroatoms. The number of hydrogen-bond donors (Lipinski definition) is 2. The highest BCUT2D eigenvalue weighted by atomic mass is 19.1. The Morgan fingerprint density at radius 2 is 1.71 bits per heavy atom. The molecule has 1 aliphatic heterocycles. The normalized spacial score (nSPS) is 13.7. The lowest BCUT2D eigenvalue weighted by Gasteiger charge is -2.25. The van der Waals surface area contributed by atoms with Gasteiger partial charge in [-0.1, -0.05) is 12.1 Å². The monoisotopic (exact) mass is 387 g/mol. The number of nitrogens with one attached hydrogen (secondary N) is 2. The van der Waals surface area contributed by atoms with Gasteiger partial charge in [-0.2, -0.15) is 0 Å². The first-order valence-corrected chi connectivity index (χ1v) is 8.85. The quantitative estimate of drug-likeness (QED) is 0.767. The number of nitrogens with zero attached hydrogens (tertiary/aromatic N) is 1. The lowest BCUT2D eigenvalue weighted by Crippen LogP contribution is -2.40. The van der Waals surface area contributed by atoms with E-state index in [-0.39, 0.29) is 18.4 Å². The molecule has 0 radical (unpaired) electrons. The van der Waals surface area contributed by atoms with E-state index in [2.05, 4.69) is 10.6 Å². The summed E-state index contributed by atoms with van der Waals surface area (Å²) in [6.45, 7) is 1.11. The van der Waals surface area contributed by atoms with E-state index in [4.69, 9.17) is 9.47 Å². The Morgan fingerprint density at radius 3 is 2.39 bits per heavy atom. The van der Waals surface area contributed by atoms with Crippen LogP contribution in [0.25, 0.3) is 0 Å². The van der Waals surface area contributed by atoms with Crippen molar-refractivity contribution >= 4 is 17.5 Å². The number of anilines is 1. The molecule has 0 saturated carbocycles. The van der Waals surface area contributed by atoms with Gasteiger partial charge in [0.2, 0.25) is 0 Å². The molecule has 2 aromatic rings. The van der Waals surface area contributed by atoms with Crippen LogP contribution in [0, 0.1) is 5.82 Å². The Labute approximate surface area is 162 Å². The van der Waals surface area contributed by atoms with Crippen LogP contribution in [-0.2, 0) is 9.59 Å². The summed E-state index contributed by atoms with van der Waals surface area (Å²) in [7, 11) is 3.69. The topological polar surface area (TPSA) is 79.9 Å². The molecule has 2 aromatic carbocycles. The van der Waals surface area contributed by atoms with Crippen LogP contribution < -0.4 is 20.1 Å². The lowest BCUT2D eigenvalue weighted by atomic mass is 10.1. The molecule has 148 valence electrons. The van der Waals surface area contributed by atoms with Gasteiger partial charge in [-0.05, 0) is 43.9 Å². The first kappa shape index (κ1) is 19.6. The third-order valence-electron chi connectivity index (χ3n) is 4.34. The first-order chi connectivity index (χ1) is 13.4. The number of benzene rings is 2. The maximum Gasteiger partial charge on any atom is 0.313 e. The zero-order chi connectivity index (χ0) is 20.1. The summed E-state index contributed by atoms with van der Waals surface area (Å²) >= 11 is 0. The molecule has 1 atom stereocenters. The number of amides is 2. The van der Waals surface area contributed by atoms with Gasteiger partial charge in [0, 0.05) is 18.3 Å². The fraction of sp³-hybridized carbons (Fsp3) is 0.300. The number of fused-ring (bicyclic) bond motifs is 1. The summed E-state index contributed by atoms with van der Waals surface area (Å²) in [6, 6.07) is 10.8. The standard InChI is InChI=1S/C20H22FN3O4/c1-24(2)16(13-3-5-14(21)6-4-13)12-22-19(25)20(26)23-15-7-8-17-18(11-15)28-10-9-27-17/h3-8,11,16H,9-10,12H2,1-2H3,(H,22,25)(H,23,26)/t16-/m1/s1. The summed E-state index contributed by atoms with van der Waals surface area (Å²) in [4.78, 5) is 26.3. The molecule has 1 aliphatic rings. The molecule has 3 rings (SSSR count). The largest absolute Gasteiger partial charge is 0.486 e. The number of carbonyl (C=O) groups is 2. The second kappa shape index (κ2) is 8.71. The molecule has 0 fully saturated rings. The van der Waals surface area contributed by atoms with Gasteiger partial charge < -0.3 is 25.0 Å². The minimum atomic E-state index is -0.784. The second-order valence-corrected chi connectivity index (χ2v) is 6.55. The second-order valence-electron chi connectivity index (χ2n) is 6.55. The van der Waals surface area contributed by atoms with E-state index in [0.717, 1.165) is 5.56 Å². The SMILES string of the molecule is CN(C)[C@H](CNC(=O)C(=O)Nc1ccc2c(c1)OCCO2)c1ccc(F)cc1. The predicted octanol–water partition coefficient (Wildman–Crippen LogP) is 1.95. The fourth-order valence-corrected chi connectivity index (χ4v) is 2.86. The van der Waals surface area contributed by atoms with Crippen LogP contribution in [0.2, 0.25) is 0 Å². The van der Waals surface area contributed by atoms with Gasteiger partial charge in [-0.3, -0.25) is 9.59 Å². The van der Waals surface area contributed by atoms with E-state index in [0.29, 0.717) is 30.4 Å². The van der Waals surface area contributed by atoms with E-state index in [1.807, 2.05) is 19.0 Å².